The molecule has 0 aliphatic carbocycles. The van der Waals surface area contributed by atoms with Gasteiger partial charge in [0.25, 0.3) is 0 Å². The zero-order valence-corrected chi connectivity index (χ0v) is 10.6. The maximum absolute atomic E-state index is 11.3. The number of benzene rings is 1. The van der Waals surface area contributed by atoms with Gasteiger partial charge in [0.05, 0.1) is 7.11 Å². The minimum atomic E-state index is -0.388. The van der Waals surface area contributed by atoms with Gasteiger partial charge in [0.1, 0.15) is 5.01 Å². The second kappa shape index (κ2) is 5.10. The summed E-state index contributed by atoms with van der Waals surface area (Å²) in [6.07, 6.45) is 0.948. The number of carbonyl (C=O) groups is 1. The molecular weight excluding hydrogens is 234 g/mol. The predicted octanol–water partition coefficient (Wildman–Crippen LogP) is 3.16. The Bertz CT molecular complexity index is 534. The van der Waals surface area contributed by atoms with Crippen LogP contribution in [0.15, 0.2) is 29.6 Å². The molecule has 1 aromatic heterocycles. The Balaban J connectivity index is 2.40. The van der Waals surface area contributed by atoms with Crippen molar-refractivity contribution in [2.24, 2.45) is 0 Å². The number of thiazole rings is 1. The number of hydrogen-bond donors (Lipinski definition) is 0. The molecule has 0 fully saturated rings. The molecule has 0 radical (unpaired) electrons. The van der Waals surface area contributed by atoms with Crippen molar-refractivity contribution in [2.75, 3.05) is 7.11 Å². The molecule has 0 unspecified atom stereocenters. The lowest BCUT2D eigenvalue weighted by molar-refractivity contribution is 0.0595. The van der Waals surface area contributed by atoms with E-state index in [1.165, 1.54) is 24.0 Å². The first kappa shape index (κ1) is 11.8. The Kier molecular flexibility index (Phi) is 3.54. The van der Waals surface area contributed by atoms with Crippen LogP contribution in [0.4, 0.5) is 0 Å². The highest BCUT2D eigenvalue weighted by molar-refractivity contribution is 7.13. The largest absolute Gasteiger partial charge is 0.464 e. The van der Waals surface area contributed by atoms with Crippen LogP contribution < -0.4 is 0 Å². The molecule has 2 rings (SSSR count). The summed E-state index contributed by atoms with van der Waals surface area (Å²) in [5.41, 5.74) is 2.70. The summed E-state index contributed by atoms with van der Waals surface area (Å²) >= 11 is 1.46. The summed E-state index contributed by atoms with van der Waals surface area (Å²) < 4.78 is 4.65. The van der Waals surface area contributed by atoms with Crippen LogP contribution in [0.2, 0.25) is 0 Å². The topological polar surface area (TPSA) is 39.2 Å². The minimum absolute atomic E-state index is 0.374. The molecule has 3 nitrogen and oxygen atoms in total. The molecule has 1 aromatic carbocycles. The van der Waals surface area contributed by atoms with Gasteiger partial charge in [-0.3, -0.25) is 0 Å². The van der Waals surface area contributed by atoms with E-state index in [1.807, 2.05) is 18.2 Å². The Morgan fingerprint density at radius 1 is 1.41 bits per heavy atom. The summed E-state index contributed by atoms with van der Waals surface area (Å²) in [4.78, 5) is 15.6. The number of aromatic nitrogens is 1. The Hall–Kier alpha value is -1.68. The van der Waals surface area contributed by atoms with Gasteiger partial charge in [-0.2, -0.15) is 0 Å². The molecular formula is C13H13NO2S. The molecule has 0 atom stereocenters. The second-order valence-corrected chi connectivity index (χ2v) is 4.40. The highest BCUT2D eigenvalue weighted by atomic mass is 32.1. The number of aryl methyl sites for hydroxylation is 1. The van der Waals surface area contributed by atoms with Gasteiger partial charge >= 0.3 is 5.97 Å². The maximum atomic E-state index is 11.3. The Labute approximate surface area is 104 Å². The van der Waals surface area contributed by atoms with Crippen molar-refractivity contribution in [1.82, 2.24) is 4.98 Å². The van der Waals surface area contributed by atoms with Crippen LogP contribution in [-0.4, -0.2) is 18.1 Å². The van der Waals surface area contributed by atoms with E-state index in [4.69, 9.17) is 0 Å². The third-order valence-corrected chi connectivity index (χ3v) is 3.40. The molecule has 0 aliphatic heterocycles. The zero-order valence-electron chi connectivity index (χ0n) is 9.77. The fourth-order valence-electron chi connectivity index (χ4n) is 1.63. The van der Waals surface area contributed by atoms with Crippen molar-refractivity contribution in [1.29, 1.82) is 0 Å². The summed E-state index contributed by atoms with van der Waals surface area (Å²) in [6, 6.07) is 8.10. The van der Waals surface area contributed by atoms with Gasteiger partial charge in [0.2, 0.25) is 0 Å². The number of hydrogen-bond acceptors (Lipinski definition) is 4. The molecule has 0 bridgehead atoms. The third kappa shape index (κ3) is 2.36. The van der Waals surface area contributed by atoms with E-state index >= 15 is 0 Å². The van der Waals surface area contributed by atoms with E-state index in [0.717, 1.165) is 17.0 Å². The maximum Gasteiger partial charge on any atom is 0.357 e. The summed E-state index contributed by atoms with van der Waals surface area (Å²) in [7, 11) is 1.36. The average molecular weight is 247 g/mol. The Morgan fingerprint density at radius 2 is 2.18 bits per heavy atom. The van der Waals surface area contributed by atoms with Crippen LogP contribution in [0.5, 0.6) is 0 Å². The van der Waals surface area contributed by atoms with Crippen LogP contribution in [0.25, 0.3) is 10.6 Å². The molecule has 1 heterocycles. The monoisotopic (exact) mass is 247 g/mol. The lowest BCUT2D eigenvalue weighted by Crippen LogP contribution is -2.01. The second-order valence-electron chi connectivity index (χ2n) is 3.54. The molecule has 0 saturated carbocycles. The van der Waals surface area contributed by atoms with Crippen LogP contribution >= 0.6 is 11.3 Å². The van der Waals surface area contributed by atoms with Crippen LogP contribution in [-0.2, 0) is 11.2 Å². The molecule has 4 heteroatoms. The van der Waals surface area contributed by atoms with Crippen molar-refractivity contribution in [2.45, 2.75) is 13.3 Å². The molecule has 0 saturated heterocycles. The predicted molar refractivity (Wildman–Crippen MR) is 68.3 cm³/mol. The fraction of sp³-hybridized carbons (Fsp3) is 0.231. The van der Waals surface area contributed by atoms with Crippen molar-refractivity contribution in [3.8, 4) is 10.6 Å². The zero-order chi connectivity index (χ0) is 12.3. The first-order chi connectivity index (χ1) is 8.26. The van der Waals surface area contributed by atoms with Crippen molar-refractivity contribution < 1.29 is 9.53 Å². The summed E-state index contributed by atoms with van der Waals surface area (Å²) in [5, 5.41) is 2.59. The molecule has 0 amide bonds. The fourth-order valence-corrected chi connectivity index (χ4v) is 2.48. The number of methoxy groups -OCH3 is 1. The third-order valence-electron chi connectivity index (χ3n) is 2.53. The first-order valence-corrected chi connectivity index (χ1v) is 6.26. The van der Waals surface area contributed by atoms with Gasteiger partial charge in [-0.15, -0.1) is 11.3 Å². The number of esters is 1. The highest BCUT2D eigenvalue weighted by Gasteiger charge is 2.13. The minimum Gasteiger partial charge on any atom is -0.464 e. The molecule has 0 aliphatic rings. The lowest BCUT2D eigenvalue weighted by atomic mass is 10.1. The van der Waals surface area contributed by atoms with E-state index in [0.29, 0.717) is 5.69 Å². The van der Waals surface area contributed by atoms with Crippen molar-refractivity contribution in [3.05, 3.63) is 40.9 Å². The van der Waals surface area contributed by atoms with Crippen molar-refractivity contribution in [3.63, 3.8) is 0 Å². The van der Waals surface area contributed by atoms with E-state index in [1.54, 1.807) is 5.38 Å². The number of ether oxygens (including phenoxy) is 1. The van der Waals surface area contributed by atoms with Crippen molar-refractivity contribution >= 4 is 17.3 Å². The van der Waals surface area contributed by atoms with Crippen LogP contribution in [0.3, 0.4) is 0 Å². The quantitative estimate of drug-likeness (QED) is 0.782. The van der Waals surface area contributed by atoms with E-state index in [2.05, 4.69) is 22.7 Å². The number of carbonyl (C=O) groups excluding carboxylic acids is 1. The van der Waals surface area contributed by atoms with E-state index in [-0.39, 0.29) is 5.97 Å². The SMILES string of the molecule is CCc1ccccc1-c1nc(C(=O)OC)cs1. The molecule has 0 N–H and O–H groups in total. The number of rotatable bonds is 3. The van der Waals surface area contributed by atoms with Gasteiger partial charge in [0.15, 0.2) is 5.69 Å². The highest BCUT2D eigenvalue weighted by Crippen LogP contribution is 2.27. The average Bonchev–Trinajstić information content (AvgIpc) is 2.87. The molecule has 0 spiro atoms. The molecule has 17 heavy (non-hydrogen) atoms. The number of nitrogens with zero attached hydrogens (tertiary/aromatic N) is 1. The van der Waals surface area contributed by atoms with Gasteiger partial charge < -0.3 is 4.74 Å². The Morgan fingerprint density at radius 3 is 2.88 bits per heavy atom. The van der Waals surface area contributed by atoms with Crippen LogP contribution in [0, 0.1) is 0 Å². The van der Waals surface area contributed by atoms with Gasteiger partial charge in [-0.05, 0) is 12.0 Å². The van der Waals surface area contributed by atoms with Gasteiger partial charge in [0, 0.05) is 10.9 Å². The van der Waals surface area contributed by atoms with Gasteiger partial charge in [-0.25, -0.2) is 9.78 Å². The standard InChI is InChI=1S/C13H13NO2S/c1-3-9-6-4-5-7-10(9)12-14-11(8-17-12)13(15)16-2/h4-8H,3H2,1-2H3. The first-order valence-electron chi connectivity index (χ1n) is 5.38. The molecule has 2 aromatic rings. The van der Waals surface area contributed by atoms with E-state index < -0.39 is 0 Å². The molecule has 88 valence electrons. The normalized spacial score (nSPS) is 10.2. The van der Waals surface area contributed by atoms with Gasteiger partial charge in [-0.1, -0.05) is 31.2 Å². The van der Waals surface area contributed by atoms with Crippen LogP contribution in [0.1, 0.15) is 23.0 Å². The summed E-state index contributed by atoms with van der Waals surface area (Å²) in [5.74, 6) is -0.388. The smallest absolute Gasteiger partial charge is 0.357 e. The lowest BCUT2D eigenvalue weighted by Gasteiger charge is -2.03. The summed E-state index contributed by atoms with van der Waals surface area (Å²) in [6.45, 7) is 2.10. The van der Waals surface area contributed by atoms with E-state index in [9.17, 15) is 4.79 Å².